The fourth-order valence-corrected chi connectivity index (χ4v) is 4.75. The van der Waals surface area contributed by atoms with E-state index in [9.17, 15) is 4.79 Å². The summed E-state index contributed by atoms with van der Waals surface area (Å²) in [6.07, 6.45) is 9.41. The molecule has 3 aliphatic rings. The van der Waals surface area contributed by atoms with Crippen molar-refractivity contribution < 1.29 is 9.53 Å². The highest BCUT2D eigenvalue weighted by Gasteiger charge is 2.34. The fourth-order valence-electron chi connectivity index (χ4n) is 4.75. The first kappa shape index (κ1) is 21.7. The number of ether oxygens (including phenoxy) is 1. The van der Waals surface area contributed by atoms with Gasteiger partial charge in [-0.2, -0.15) is 0 Å². The van der Waals surface area contributed by atoms with Crippen LogP contribution in [0.5, 0.6) is 0 Å². The van der Waals surface area contributed by atoms with E-state index in [1.165, 1.54) is 31.8 Å². The van der Waals surface area contributed by atoms with Gasteiger partial charge in [0.2, 0.25) is 5.91 Å². The van der Waals surface area contributed by atoms with E-state index < -0.39 is 0 Å². The van der Waals surface area contributed by atoms with Gasteiger partial charge in [-0.25, -0.2) is 0 Å². The van der Waals surface area contributed by atoms with Gasteiger partial charge in [-0.3, -0.25) is 31.4 Å². The predicted octanol–water partition coefficient (Wildman–Crippen LogP) is 0.290. The third-order valence-corrected chi connectivity index (χ3v) is 6.44. The molecule has 0 radical (unpaired) electrons. The Labute approximate surface area is 169 Å². The molecule has 0 bridgehead atoms. The molecule has 1 amide bonds. The Morgan fingerprint density at radius 1 is 1.07 bits per heavy atom. The summed E-state index contributed by atoms with van der Waals surface area (Å²) in [5.41, 5.74) is 0. The van der Waals surface area contributed by atoms with Crippen molar-refractivity contribution in [3.63, 3.8) is 0 Å². The standard InChI is InChI=1S/C20H38N6O2/c1-4-18(27)23-14-9-10-17(28-3)16(11-14)25-20-22-12-21-19(26-20)24-15-8-6-5-7-13(15)2/h4,13-17,19-22,24-26H,1,5-12H2,2-3H3,(H,23,27). The predicted molar refractivity (Wildman–Crippen MR) is 110 cm³/mol. The average molecular weight is 395 g/mol. The molecule has 28 heavy (non-hydrogen) atoms. The smallest absolute Gasteiger partial charge is 0.243 e. The highest BCUT2D eigenvalue weighted by atomic mass is 16.5. The zero-order valence-corrected chi connectivity index (χ0v) is 17.3. The Kier molecular flexibility index (Phi) is 8.25. The first-order valence-electron chi connectivity index (χ1n) is 10.8. The van der Waals surface area contributed by atoms with Crippen molar-refractivity contribution in [3.8, 4) is 0 Å². The second-order valence-electron chi connectivity index (χ2n) is 8.42. The second-order valence-corrected chi connectivity index (χ2v) is 8.42. The number of hydrogen-bond acceptors (Lipinski definition) is 7. The molecule has 0 spiro atoms. The zero-order chi connectivity index (χ0) is 19.9. The molecule has 160 valence electrons. The lowest BCUT2D eigenvalue weighted by molar-refractivity contribution is -0.117. The van der Waals surface area contributed by atoms with Crippen molar-refractivity contribution >= 4 is 5.91 Å². The zero-order valence-electron chi connectivity index (χ0n) is 17.3. The minimum atomic E-state index is -0.108. The highest BCUT2D eigenvalue weighted by molar-refractivity contribution is 5.87. The molecule has 6 N–H and O–H groups in total. The molecule has 1 saturated heterocycles. The highest BCUT2D eigenvalue weighted by Crippen LogP contribution is 2.24. The summed E-state index contributed by atoms with van der Waals surface area (Å²) >= 11 is 0. The molecule has 7 unspecified atom stereocenters. The van der Waals surface area contributed by atoms with E-state index >= 15 is 0 Å². The van der Waals surface area contributed by atoms with Crippen molar-refractivity contribution in [2.24, 2.45) is 5.92 Å². The number of nitrogens with one attached hydrogen (secondary N) is 6. The van der Waals surface area contributed by atoms with Gasteiger partial charge in [0.05, 0.1) is 12.8 Å². The maximum Gasteiger partial charge on any atom is 0.243 e. The monoisotopic (exact) mass is 394 g/mol. The molecule has 8 heteroatoms. The molecular formula is C20H38N6O2. The van der Waals surface area contributed by atoms with Gasteiger partial charge in [0.15, 0.2) is 0 Å². The van der Waals surface area contributed by atoms with E-state index in [0.717, 1.165) is 25.9 Å². The van der Waals surface area contributed by atoms with Crippen LogP contribution in [0.25, 0.3) is 0 Å². The largest absolute Gasteiger partial charge is 0.380 e. The van der Waals surface area contributed by atoms with Crippen LogP contribution in [0.1, 0.15) is 51.9 Å². The van der Waals surface area contributed by atoms with Gasteiger partial charge in [0, 0.05) is 25.2 Å². The molecule has 1 heterocycles. The summed E-state index contributed by atoms with van der Waals surface area (Å²) in [6, 6.07) is 0.858. The van der Waals surface area contributed by atoms with Gasteiger partial charge in [-0.1, -0.05) is 26.3 Å². The third kappa shape index (κ3) is 5.98. The summed E-state index contributed by atoms with van der Waals surface area (Å²) in [4.78, 5) is 11.7. The lowest BCUT2D eigenvalue weighted by Gasteiger charge is -2.42. The second kappa shape index (κ2) is 10.7. The van der Waals surface area contributed by atoms with Crippen LogP contribution < -0.4 is 31.9 Å². The van der Waals surface area contributed by atoms with E-state index in [1.807, 2.05) is 0 Å². The SMILES string of the molecule is C=CC(=O)NC1CCC(OC)C(NC2NCNC(NC3CCCCC3C)N2)C1. The van der Waals surface area contributed by atoms with Crippen molar-refractivity contribution in [1.82, 2.24) is 31.9 Å². The number of carbonyl (C=O) groups excluding carboxylic acids is 1. The molecule has 2 aliphatic carbocycles. The summed E-state index contributed by atoms with van der Waals surface area (Å²) < 4.78 is 5.71. The van der Waals surface area contributed by atoms with Gasteiger partial charge in [0.25, 0.3) is 0 Å². The van der Waals surface area contributed by atoms with Crippen LogP contribution in [0.3, 0.4) is 0 Å². The number of rotatable bonds is 7. The lowest BCUT2D eigenvalue weighted by atomic mass is 9.86. The molecule has 0 aromatic rings. The van der Waals surface area contributed by atoms with Gasteiger partial charge in [-0.15, -0.1) is 0 Å². The molecule has 0 aromatic heterocycles. The third-order valence-electron chi connectivity index (χ3n) is 6.44. The number of carbonyl (C=O) groups is 1. The molecule has 0 aromatic carbocycles. The van der Waals surface area contributed by atoms with Gasteiger partial charge in [-0.05, 0) is 44.1 Å². The Hall–Kier alpha value is -1.03. The first-order chi connectivity index (χ1) is 13.6. The topological polar surface area (TPSA) is 98.5 Å². The molecule has 3 rings (SSSR count). The molecule has 1 aliphatic heterocycles. The van der Waals surface area contributed by atoms with E-state index in [-0.39, 0.29) is 36.7 Å². The van der Waals surface area contributed by atoms with Crippen molar-refractivity contribution in [1.29, 1.82) is 0 Å². The van der Waals surface area contributed by atoms with Crippen molar-refractivity contribution in [2.75, 3.05) is 13.8 Å². The van der Waals surface area contributed by atoms with Crippen LogP contribution in [0, 0.1) is 5.92 Å². The van der Waals surface area contributed by atoms with E-state index in [1.54, 1.807) is 7.11 Å². The molecule has 7 atom stereocenters. The van der Waals surface area contributed by atoms with Crippen LogP contribution in [-0.4, -0.2) is 56.5 Å². The van der Waals surface area contributed by atoms with Crippen molar-refractivity contribution in [3.05, 3.63) is 12.7 Å². The van der Waals surface area contributed by atoms with Crippen LogP contribution >= 0.6 is 0 Å². The van der Waals surface area contributed by atoms with E-state index in [4.69, 9.17) is 4.74 Å². The Morgan fingerprint density at radius 3 is 2.46 bits per heavy atom. The maximum atomic E-state index is 11.7. The maximum absolute atomic E-state index is 11.7. The van der Waals surface area contributed by atoms with Gasteiger partial charge >= 0.3 is 0 Å². The summed E-state index contributed by atoms with van der Waals surface area (Å²) in [5, 5.41) is 20.9. The lowest BCUT2D eigenvalue weighted by Crippen LogP contribution is -2.73. The van der Waals surface area contributed by atoms with Crippen molar-refractivity contribution in [2.45, 2.75) is 88.7 Å². The Balaban J connectivity index is 1.51. The number of amides is 1. The summed E-state index contributed by atoms with van der Waals surface area (Å²) in [6.45, 7) is 6.62. The fraction of sp³-hybridized carbons (Fsp3) is 0.850. The average Bonchev–Trinajstić information content (AvgIpc) is 2.70. The van der Waals surface area contributed by atoms with Crippen LogP contribution in [-0.2, 0) is 9.53 Å². The van der Waals surface area contributed by atoms with Gasteiger partial charge < -0.3 is 10.1 Å². The quantitative estimate of drug-likeness (QED) is 0.345. The number of hydrogen-bond donors (Lipinski definition) is 6. The minimum Gasteiger partial charge on any atom is -0.380 e. The van der Waals surface area contributed by atoms with Crippen LogP contribution in [0.15, 0.2) is 12.7 Å². The van der Waals surface area contributed by atoms with Crippen LogP contribution in [0.2, 0.25) is 0 Å². The van der Waals surface area contributed by atoms with Crippen LogP contribution in [0.4, 0.5) is 0 Å². The van der Waals surface area contributed by atoms with E-state index in [2.05, 4.69) is 45.4 Å². The minimum absolute atomic E-state index is 0.0193. The molecular weight excluding hydrogens is 356 g/mol. The molecule has 8 nitrogen and oxygen atoms in total. The molecule has 2 saturated carbocycles. The molecule has 3 fully saturated rings. The van der Waals surface area contributed by atoms with Gasteiger partial charge in [0.1, 0.15) is 12.6 Å². The number of methoxy groups -OCH3 is 1. The Bertz CT molecular complexity index is 519. The van der Waals surface area contributed by atoms with E-state index in [0.29, 0.717) is 12.0 Å². The Morgan fingerprint density at radius 2 is 1.79 bits per heavy atom. The normalized spacial score (nSPS) is 39.3. The summed E-state index contributed by atoms with van der Waals surface area (Å²) in [5.74, 6) is 0.604. The first-order valence-corrected chi connectivity index (χ1v) is 10.8. The summed E-state index contributed by atoms with van der Waals surface area (Å²) in [7, 11) is 1.76.